The van der Waals surface area contributed by atoms with Gasteiger partial charge in [-0.1, -0.05) is 32.0 Å². The van der Waals surface area contributed by atoms with Crippen molar-refractivity contribution in [2.75, 3.05) is 31.1 Å². The number of anilines is 1. The number of hydrogen-bond acceptors (Lipinski definition) is 2. The van der Waals surface area contributed by atoms with Gasteiger partial charge in [-0.05, 0) is 42.2 Å². The molecule has 2 amide bonds. The highest BCUT2D eigenvalue weighted by Gasteiger charge is 2.44. The fourth-order valence-corrected chi connectivity index (χ4v) is 4.56. The number of hydrogen-bond donors (Lipinski definition) is 1. The van der Waals surface area contributed by atoms with Gasteiger partial charge in [0.25, 0.3) is 0 Å². The number of fused-ring (bicyclic) bond motifs is 1. The lowest BCUT2D eigenvalue weighted by molar-refractivity contribution is 0.0464. The SMILES string of the molecule is CC1(C)CNC1C1CCN(C(=O)N2CCc3ccccc32)CC1. The van der Waals surface area contributed by atoms with E-state index >= 15 is 0 Å². The first kappa shape index (κ1) is 15.0. The third-order valence-electron chi connectivity index (χ3n) is 6.02. The molecule has 2 saturated heterocycles. The average molecular weight is 313 g/mol. The maximum atomic E-state index is 12.9. The van der Waals surface area contributed by atoms with E-state index in [9.17, 15) is 4.79 Å². The molecule has 3 heterocycles. The molecular weight excluding hydrogens is 286 g/mol. The third-order valence-corrected chi connectivity index (χ3v) is 6.02. The highest BCUT2D eigenvalue weighted by molar-refractivity contribution is 5.94. The summed E-state index contributed by atoms with van der Waals surface area (Å²) >= 11 is 0. The van der Waals surface area contributed by atoms with Crippen molar-refractivity contribution in [3.05, 3.63) is 29.8 Å². The number of benzene rings is 1. The van der Waals surface area contributed by atoms with Crippen LogP contribution in [0.5, 0.6) is 0 Å². The summed E-state index contributed by atoms with van der Waals surface area (Å²) in [5.74, 6) is 0.716. The van der Waals surface area contributed by atoms with E-state index in [0.717, 1.165) is 51.1 Å². The van der Waals surface area contributed by atoms with Crippen LogP contribution in [0.3, 0.4) is 0 Å². The topological polar surface area (TPSA) is 35.6 Å². The van der Waals surface area contributed by atoms with Crippen LogP contribution in [0, 0.1) is 11.3 Å². The second-order valence-corrected chi connectivity index (χ2v) is 7.98. The fraction of sp³-hybridized carbons (Fsp3) is 0.632. The van der Waals surface area contributed by atoms with Gasteiger partial charge in [0.2, 0.25) is 0 Å². The van der Waals surface area contributed by atoms with Crippen molar-refractivity contribution >= 4 is 11.7 Å². The van der Waals surface area contributed by atoms with Crippen LogP contribution in [-0.2, 0) is 6.42 Å². The van der Waals surface area contributed by atoms with Crippen molar-refractivity contribution in [2.24, 2.45) is 11.3 Å². The molecule has 4 rings (SSSR count). The van der Waals surface area contributed by atoms with Gasteiger partial charge in [0.15, 0.2) is 0 Å². The molecule has 0 spiro atoms. The molecule has 1 N–H and O–H groups in total. The number of amides is 2. The lowest BCUT2D eigenvalue weighted by Gasteiger charge is -2.51. The second-order valence-electron chi connectivity index (χ2n) is 7.98. The molecular formula is C19H27N3O. The number of carbonyl (C=O) groups is 1. The highest BCUT2D eigenvalue weighted by Crippen LogP contribution is 2.38. The Kier molecular flexibility index (Phi) is 3.60. The normalized spacial score (nSPS) is 26.8. The number of likely N-dealkylation sites (tertiary alicyclic amines) is 1. The maximum Gasteiger partial charge on any atom is 0.324 e. The second kappa shape index (κ2) is 5.52. The van der Waals surface area contributed by atoms with Gasteiger partial charge in [-0.3, -0.25) is 4.90 Å². The molecule has 124 valence electrons. The lowest BCUT2D eigenvalue weighted by atomic mass is 9.68. The van der Waals surface area contributed by atoms with Gasteiger partial charge in [0.05, 0.1) is 0 Å². The number of rotatable bonds is 1. The molecule has 1 atom stereocenters. The Labute approximate surface area is 138 Å². The van der Waals surface area contributed by atoms with Crippen molar-refractivity contribution in [1.82, 2.24) is 10.2 Å². The van der Waals surface area contributed by atoms with Crippen LogP contribution in [0.2, 0.25) is 0 Å². The summed E-state index contributed by atoms with van der Waals surface area (Å²) in [7, 11) is 0. The number of para-hydroxylation sites is 1. The zero-order valence-corrected chi connectivity index (χ0v) is 14.2. The molecule has 0 aliphatic carbocycles. The highest BCUT2D eigenvalue weighted by atomic mass is 16.2. The summed E-state index contributed by atoms with van der Waals surface area (Å²) in [5, 5.41) is 3.60. The number of piperidine rings is 1. The van der Waals surface area contributed by atoms with E-state index < -0.39 is 0 Å². The van der Waals surface area contributed by atoms with E-state index in [1.54, 1.807) is 0 Å². The minimum absolute atomic E-state index is 0.203. The third kappa shape index (κ3) is 2.53. The Morgan fingerprint density at radius 3 is 2.57 bits per heavy atom. The van der Waals surface area contributed by atoms with Crippen LogP contribution in [0.25, 0.3) is 0 Å². The van der Waals surface area contributed by atoms with Crippen LogP contribution in [0.1, 0.15) is 32.3 Å². The molecule has 0 bridgehead atoms. The maximum absolute atomic E-state index is 12.9. The first-order valence-electron chi connectivity index (χ1n) is 8.94. The van der Waals surface area contributed by atoms with Gasteiger partial charge in [-0.15, -0.1) is 0 Å². The summed E-state index contributed by atoms with van der Waals surface area (Å²) in [6, 6.07) is 9.14. The first-order valence-corrected chi connectivity index (χ1v) is 8.94. The number of nitrogens with zero attached hydrogens (tertiary/aromatic N) is 2. The number of urea groups is 1. The predicted molar refractivity (Wildman–Crippen MR) is 92.8 cm³/mol. The molecule has 3 aliphatic heterocycles. The molecule has 23 heavy (non-hydrogen) atoms. The number of nitrogens with one attached hydrogen (secondary N) is 1. The zero-order valence-electron chi connectivity index (χ0n) is 14.2. The largest absolute Gasteiger partial charge is 0.324 e. The quantitative estimate of drug-likeness (QED) is 0.865. The molecule has 3 aliphatic rings. The van der Waals surface area contributed by atoms with Crippen molar-refractivity contribution in [3.8, 4) is 0 Å². The summed E-state index contributed by atoms with van der Waals surface area (Å²) in [6.45, 7) is 8.46. The van der Waals surface area contributed by atoms with Gasteiger partial charge < -0.3 is 10.2 Å². The molecule has 0 saturated carbocycles. The van der Waals surface area contributed by atoms with Crippen LogP contribution >= 0.6 is 0 Å². The van der Waals surface area contributed by atoms with Crippen LogP contribution in [0.4, 0.5) is 10.5 Å². The van der Waals surface area contributed by atoms with Crippen LogP contribution in [0.15, 0.2) is 24.3 Å². The van der Waals surface area contributed by atoms with Crippen molar-refractivity contribution in [1.29, 1.82) is 0 Å². The average Bonchev–Trinajstić information content (AvgIpc) is 2.98. The molecule has 4 nitrogen and oxygen atoms in total. The molecule has 1 unspecified atom stereocenters. The van der Waals surface area contributed by atoms with E-state index in [4.69, 9.17) is 0 Å². The van der Waals surface area contributed by atoms with Crippen LogP contribution < -0.4 is 10.2 Å². The van der Waals surface area contributed by atoms with Crippen LogP contribution in [-0.4, -0.2) is 43.2 Å². The standard InChI is InChI=1S/C19H27N3O/c1-19(2)13-20-17(19)15-7-10-21(11-8-15)18(23)22-12-9-14-5-3-4-6-16(14)22/h3-6,15,17,20H,7-13H2,1-2H3. The predicted octanol–water partition coefficient (Wildman–Crippen LogP) is 2.88. The van der Waals surface area contributed by atoms with Gasteiger partial charge in [-0.25, -0.2) is 4.79 Å². The Morgan fingerprint density at radius 1 is 1.17 bits per heavy atom. The van der Waals surface area contributed by atoms with E-state index in [1.165, 1.54) is 5.56 Å². The van der Waals surface area contributed by atoms with E-state index in [1.807, 2.05) is 11.0 Å². The molecule has 1 aromatic rings. The van der Waals surface area contributed by atoms with E-state index in [-0.39, 0.29) is 6.03 Å². The molecule has 0 aromatic heterocycles. The Hall–Kier alpha value is -1.55. The van der Waals surface area contributed by atoms with Gasteiger partial charge in [-0.2, -0.15) is 0 Å². The molecule has 0 radical (unpaired) electrons. The summed E-state index contributed by atoms with van der Waals surface area (Å²) in [4.78, 5) is 16.9. The minimum atomic E-state index is 0.203. The number of carbonyl (C=O) groups excluding carboxylic acids is 1. The summed E-state index contributed by atoms with van der Waals surface area (Å²) < 4.78 is 0. The Morgan fingerprint density at radius 2 is 1.91 bits per heavy atom. The zero-order chi connectivity index (χ0) is 16.0. The molecule has 2 fully saturated rings. The summed E-state index contributed by atoms with van der Waals surface area (Å²) in [5.41, 5.74) is 2.84. The Balaban J connectivity index is 1.39. The monoisotopic (exact) mass is 313 g/mol. The molecule has 1 aromatic carbocycles. The lowest BCUT2D eigenvalue weighted by Crippen LogP contribution is -2.64. The molecule has 4 heteroatoms. The Bertz CT molecular complexity index is 604. The van der Waals surface area contributed by atoms with Gasteiger partial charge in [0, 0.05) is 37.9 Å². The minimum Gasteiger partial charge on any atom is -0.324 e. The van der Waals surface area contributed by atoms with Crippen molar-refractivity contribution < 1.29 is 4.79 Å². The first-order chi connectivity index (χ1) is 11.1. The van der Waals surface area contributed by atoms with Crippen molar-refractivity contribution in [3.63, 3.8) is 0 Å². The van der Waals surface area contributed by atoms with E-state index in [0.29, 0.717) is 17.4 Å². The van der Waals surface area contributed by atoms with Gasteiger partial charge >= 0.3 is 6.03 Å². The summed E-state index contributed by atoms with van der Waals surface area (Å²) in [6.07, 6.45) is 3.24. The van der Waals surface area contributed by atoms with E-state index in [2.05, 4.69) is 42.3 Å². The smallest absolute Gasteiger partial charge is 0.324 e. The van der Waals surface area contributed by atoms with Gasteiger partial charge in [0.1, 0.15) is 0 Å². The fourth-order valence-electron chi connectivity index (χ4n) is 4.56. The van der Waals surface area contributed by atoms with Crippen molar-refractivity contribution in [2.45, 2.75) is 39.2 Å².